The Morgan fingerprint density at radius 2 is 2.05 bits per heavy atom. The van der Waals surface area contributed by atoms with Crippen LogP contribution in [-0.2, 0) is 13.0 Å². The number of rotatable bonds is 6. The summed E-state index contributed by atoms with van der Waals surface area (Å²) >= 11 is 0. The Hall–Kier alpha value is -1.68. The predicted octanol–water partition coefficient (Wildman–Crippen LogP) is 3.21. The van der Waals surface area contributed by atoms with Gasteiger partial charge in [-0.1, -0.05) is 49.7 Å². The molecule has 0 fully saturated rings. The molecule has 0 aliphatic carbocycles. The Balaban J connectivity index is 2.15. The van der Waals surface area contributed by atoms with Crippen molar-refractivity contribution in [3.05, 3.63) is 35.7 Å². The van der Waals surface area contributed by atoms with Gasteiger partial charge in [0.2, 0.25) is 5.82 Å². The predicted molar refractivity (Wildman–Crippen MR) is 73.4 cm³/mol. The molecule has 1 N–H and O–H groups in total. The Morgan fingerprint density at radius 1 is 1.26 bits per heavy atom. The van der Waals surface area contributed by atoms with Crippen LogP contribution in [-0.4, -0.2) is 15.2 Å². The fourth-order valence-electron chi connectivity index (χ4n) is 2.09. The van der Waals surface area contributed by atoms with Gasteiger partial charge in [-0.05, 0) is 24.3 Å². The molecule has 0 aliphatic rings. The summed E-state index contributed by atoms with van der Waals surface area (Å²) in [6.07, 6.45) is 3.37. The maximum absolute atomic E-state index is 8.97. The van der Waals surface area contributed by atoms with Gasteiger partial charge in [0, 0.05) is 5.56 Å². The molecule has 102 valence electrons. The highest BCUT2D eigenvalue weighted by atomic mass is 16.5. The van der Waals surface area contributed by atoms with Gasteiger partial charge in [0.25, 0.3) is 5.89 Å². The summed E-state index contributed by atoms with van der Waals surface area (Å²) in [4.78, 5) is 4.18. The van der Waals surface area contributed by atoms with Gasteiger partial charge in [0.05, 0.1) is 0 Å². The van der Waals surface area contributed by atoms with E-state index in [1.165, 1.54) is 12.0 Å². The number of hydrogen-bond acceptors (Lipinski definition) is 4. The van der Waals surface area contributed by atoms with Crippen LogP contribution in [0.2, 0.25) is 0 Å². The maximum Gasteiger partial charge on any atom is 0.252 e. The first kappa shape index (κ1) is 13.7. The van der Waals surface area contributed by atoms with Crippen molar-refractivity contribution in [2.45, 2.75) is 39.7 Å². The summed E-state index contributed by atoms with van der Waals surface area (Å²) in [7, 11) is 0. The van der Waals surface area contributed by atoms with E-state index in [2.05, 4.69) is 30.1 Å². The molecule has 4 heteroatoms. The zero-order chi connectivity index (χ0) is 13.7. The van der Waals surface area contributed by atoms with Gasteiger partial charge in [-0.15, -0.1) is 0 Å². The third-order valence-corrected chi connectivity index (χ3v) is 3.09. The average molecular weight is 260 g/mol. The van der Waals surface area contributed by atoms with Gasteiger partial charge < -0.3 is 9.63 Å². The minimum Gasteiger partial charge on any atom is -0.387 e. The molecule has 19 heavy (non-hydrogen) atoms. The van der Waals surface area contributed by atoms with Crippen LogP contribution in [0.15, 0.2) is 28.8 Å². The lowest BCUT2D eigenvalue weighted by atomic mass is 9.98. The standard InChI is InChI=1S/C15H20N2O2/c1-11(2)6-5-8-12-7-3-4-9-13(12)15-16-14(10-18)19-17-15/h3-4,7,9,11,18H,5-6,8,10H2,1-2H3. The molecule has 1 aromatic carbocycles. The van der Waals surface area contributed by atoms with E-state index < -0.39 is 0 Å². The van der Waals surface area contributed by atoms with E-state index in [0.717, 1.165) is 24.3 Å². The number of aliphatic hydroxyl groups is 1. The van der Waals surface area contributed by atoms with Crippen LogP contribution >= 0.6 is 0 Å². The summed E-state index contributed by atoms with van der Waals surface area (Å²) < 4.78 is 4.95. The molecule has 0 saturated carbocycles. The van der Waals surface area contributed by atoms with E-state index in [0.29, 0.717) is 5.82 Å². The van der Waals surface area contributed by atoms with Crippen molar-refractivity contribution >= 4 is 0 Å². The Kier molecular flexibility index (Phi) is 4.68. The average Bonchev–Trinajstić information content (AvgIpc) is 2.87. The van der Waals surface area contributed by atoms with Crippen molar-refractivity contribution in [2.24, 2.45) is 5.92 Å². The molecule has 0 unspecified atom stereocenters. The third kappa shape index (κ3) is 3.64. The molecule has 1 heterocycles. The smallest absolute Gasteiger partial charge is 0.252 e. The second-order valence-electron chi connectivity index (χ2n) is 5.11. The first-order chi connectivity index (χ1) is 9.20. The summed E-state index contributed by atoms with van der Waals surface area (Å²) in [6, 6.07) is 8.10. The molecule has 0 amide bonds. The minimum absolute atomic E-state index is 0.220. The van der Waals surface area contributed by atoms with Crippen molar-refractivity contribution in [1.82, 2.24) is 10.1 Å². The zero-order valence-electron chi connectivity index (χ0n) is 11.5. The molecule has 0 radical (unpaired) electrons. The van der Waals surface area contributed by atoms with Crippen molar-refractivity contribution in [1.29, 1.82) is 0 Å². The van der Waals surface area contributed by atoms with E-state index in [4.69, 9.17) is 9.63 Å². The fraction of sp³-hybridized carbons (Fsp3) is 0.467. The molecule has 0 atom stereocenters. The molecule has 0 aliphatic heterocycles. The number of benzene rings is 1. The second kappa shape index (κ2) is 6.48. The molecule has 0 spiro atoms. The first-order valence-electron chi connectivity index (χ1n) is 6.72. The molecular formula is C15H20N2O2. The van der Waals surface area contributed by atoms with Gasteiger partial charge in [-0.25, -0.2) is 0 Å². The van der Waals surface area contributed by atoms with Crippen molar-refractivity contribution in [3.63, 3.8) is 0 Å². The summed E-state index contributed by atoms with van der Waals surface area (Å²) in [5, 5.41) is 12.9. The molecular weight excluding hydrogens is 240 g/mol. The highest BCUT2D eigenvalue weighted by molar-refractivity contribution is 5.59. The Labute approximate surface area is 113 Å². The maximum atomic E-state index is 8.97. The van der Waals surface area contributed by atoms with E-state index in [1.807, 2.05) is 18.2 Å². The minimum atomic E-state index is -0.220. The van der Waals surface area contributed by atoms with Crippen LogP contribution in [0.3, 0.4) is 0 Å². The lowest BCUT2D eigenvalue weighted by molar-refractivity contribution is 0.222. The van der Waals surface area contributed by atoms with Gasteiger partial charge in [0.15, 0.2) is 0 Å². The summed E-state index contributed by atoms with van der Waals surface area (Å²) in [5.41, 5.74) is 2.23. The Bertz CT molecular complexity index is 520. The highest BCUT2D eigenvalue weighted by Crippen LogP contribution is 2.23. The number of hydrogen-bond donors (Lipinski definition) is 1. The largest absolute Gasteiger partial charge is 0.387 e. The highest BCUT2D eigenvalue weighted by Gasteiger charge is 2.11. The van der Waals surface area contributed by atoms with Crippen LogP contribution in [0.1, 0.15) is 38.1 Å². The molecule has 1 aromatic heterocycles. The zero-order valence-corrected chi connectivity index (χ0v) is 11.5. The van der Waals surface area contributed by atoms with Crippen LogP contribution < -0.4 is 0 Å². The number of aromatic nitrogens is 2. The molecule has 4 nitrogen and oxygen atoms in total. The summed E-state index contributed by atoms with van der Waals surface area (Å²) in [6.45, 7) is 4.25. The van der Waals surface area contributed by atoms with E-state index in [-0.39, 0.29) is 12.5 Å². The van der Waals surface area contributed by atoms with Gasteiger partial charge in [-0.2, -0.15) is 4.98 Å². The van der Waals surface area contributed by atoms with E-state index in [9.17, 15) is 0 Å². The van der Waals surface area contributed by atoms with E-state index in [1.54, 1.807) is 0 Å². The molecule has 0 saturated heterocycles. The molecule has 0 bridgehead atoms. The fourth-order valence-corrected chi connectivity index (χ4v) is 2.09. The number of aliphatic hydroxyl groups excluding tert-OH is 1. The van der Waals surface area contributed by atoms with E-state index >= 15 is 0 Å². The van der Waals surface area contributed by atoms with Gasteiger partial charge >= 0.3 is 0 Å². The number of nitrogens with zero attached hydrogens (tertiary/aromatic N) is 2. The topological polar surface area (TPSA) is 59.2 Å². The second-order valence-corrected chi connectivity index (χ2v) is 5.11. The van der Waals surface area contributed by atoms with Crippen molar-refractivity contribution < 1.29 is 9.63 Å². The monoisotopic (exact) mass is 260 g/mol. The quantitative estimate of drug-likeness (QED) is 0.866. The third-order valence-electron chi connectivity index (χ3n) is 3.09. The van der Waals surface area contributed by atoms with Crippen LogP contribution in [0, 0.1) is 5.92 Å². The number of aryl methyl sites for hydroxylation is 1. The van der Waals surface area contributed by atoms with Gasteiger partial charge in [0.1, 0.15) is 6.61 Å². The lowest BCUT2D eigenvalue weighted by Crippen LogP contribution is -1.94. The SMILES string of the molecule is CC(C)CCCc1ccccc1-c1noc(CO)n1. The first-order valence-corrected chi connectivity index (χ1v) is 6.72. The summed E-state index contributed by atoms with van der Waals surface area (Å²) in [5.74, 6) is 1.54. The van der Waals surface area contributed by atoms with Gasteiger partial charge in [-0.3, -0.25) is 0 Å². The Morgan fingerprint density at radius 3 is 2.74 bits per heavy atom. The van der Waals surface area contributed by atoms with Crippen LogP contribution in [0.25, 0.3) is 11.4 Å². The van der Waals surface area contributed by atoms with Crippen molar-refractivity contribution in [2.75, 3.05) is 0 Å². The molecule has 2 rings (SSSR count). The van der Waals surface area contributed by atoms with Crippen molar-refractivity contribution in [3.8, 4) is 11.4 Å². The molecule has 2 aromatic rings. The normalized spacial score (nSPS) is 11.2. The lowest BCUT2D eigenvalue weighted by Gasteiger charge is -2.07. The van der Waals surface area contributed by atoms with Crippen LogP contribution in [0.4, 0.5) is 0 Å². The van der Waals surface area contributed by atoms with Crippen LogP contribution in [0.5, 0.6) is 0 Å².